The number of hydrogen-bond donors (Lipinski definition) is 1. The zero-order valence-electron chi connectivity index (χ0n) is 21.6. The second kappa shape index (κ2) is 10.7. The molecular weight excluding hydrogens is 534 g/mol. The van der Waals surface area contributed by atoms with E-state index in [9.17, 15) is 23.3 Å². The molecular formula is C27H23N7O5S. The van der Waals surface area contributed by atoms with E-state index in [2.05, 4.69) is 31.0 Å². The third-order valence-corrected chi connectivity index (χ3v) is 7.48. The van der Waals surface area contributed by atoms with Crippen LogP contribution < -0.4 is 4.74 Å². The van der Waals surface area contributed by atoms with Gasteiger partial charge in [0, 0.05) is 49.7 Å². The molecule has 0 aromatic carbocycles. The van der Waals surface area contributed by atoms with E-state index < -0.39 is 21.5 Å². The Hall–Kier alpha value is -4.96. The van der Waals surface area contributed by atoms with Crippen molar-refractivity contribution in [2.24, 2.45) is 0 Å². The van der Waals surface area contributed by atoms with E-state index in [0.717, 1.165) is 11.8 Å². The van der Waals surface area contributed by atoms with Crippen LogP contribution in [0.1, 0.15) is 28.9 Å². The van der Waals surface area contributed by atoms with Gasteiger partial charge in [0.2, 0.25) is 15.0 Å². The van der Waals surface area contributed by atoms with Crippen molar-refractivity contribution in [1.29, 1.82) is 5.26 Å². The van der Waals surface area contributed by atoms with Crippen molar-refractivity contribution in [3.05, 3.63) is 66.0 Å². The number of allylic oxidation sites excluding steroid dienone is 1. The minimum Gasteiger partial charge on any atom is -0.494 e. The molecule has 0 spiro atoms. The number of likely N-dealkylation sites (tertiary alicyclic amines) is 1. The first-order valence-electron chi connectivity index (χ1n) is 12.2. The summed E-state index contributed by atoms with van der Waals surface area (Å²) in [6.07, 6.45) is 9.02. The molecule has 202 valence electrons. The zero-order valence-corrected chi connectivity index (χ0v) is 22.4. The number of Topliss-reactive ketones (excluding diaryl/α,β-unsaturated/α-hetero) is 1. The number of carbonyl (C=O) groups excluding carboxylic acids is 2. The topological polar surface area (TPSA) is 172 Å². The number of aromatic nitrogens is 5. The number of sulfone groups is 1. The van der Waals surface area contributed by atoms with Gasteiger partial charge >= 0.3 is 0 Å². The molecule has 1 aliphatic heterocycles. The quantitative estimate of drug-likeness (QED) is 0.161. The van der Waals surface area contributed by atoms with Crippen LogP contribution in [0, 0.1) is 11.3 Å². The summed E-state index contributed by atoms with van der Waals surface area (Å²) < 4.78 is 28.9. The zero-order chi connectivity index (χ0) is 28.4. The van der Waals surface area contributed by atoms with Gasteiger partial charge in [0.25, 0.3) is 11.7 Å². The van der Waals surface area contributed by atoms with Crippen LogP contribution in [0.15, 0.2) is 59.9 Å². The van der Waals surface area contributed by atoms with Gasteiger partial charge in [-0.05, 0) is 30.5 Å². The Morgan fingerprint density at radius 3 is 2.40 bits per heavy atom. The number of hydrogen-bond acceptors (Lipinski definition) is 10. The standard InChI is InChI=1S/C27H23N7O5S/c1-39-21-15-31-23(17-12-32-27(33-13-17)40(2,37)38)24-22(21)19(14-30-24)25(35)26(36)34-9-6-16(7-10-34)18(11-28)20-5-3-4-8-29-20/h3-5,8,12-15,30H,6-7,9-10H2,1-2H3. The highest BCUT2D eigenvalue weighted by Crippen LogP contribution is 2.35. The lowest BCUT2D eigenvalue weighted by molar-refractivity contribution is -0.126. The highest BCUT2D eigenvalue weighted by molar-refractivity contribution is 7.90. The lowest BCUT2D eigenvalue weighted by Gasteiger charge is -2.28. The minimum absolute atomic E-state index is 0.113. The van der Waals surface area contributed by atoms with E-state index >= 15 is 0 Å². The Morgan fingerprint density at radius 2 is 1.80 bits per heavy atom. The number of H-pyrrole nitrogens is 1. The maximum atomic E-state index is 13.4. The molecule has 0 unspecified atom stereocenters. The molecule has 1 saturated heterocycles. The van der Waals surface area contributed by atoms with Gasteiger partial charge in [-0.1, -0.05) is 6.07 Å². The molecule has 13 heteroatoms. The highest BCUT2D eigenvalue weighted by atomic mass is 32.2. The predicted octanol–water partition coefficient (Wildman–Crippen LogP) is 2.61. The smallest absolute Gasteiger partial charge is 0.295 e. The first kappa shape index (κ1) is 26.6. The monoisotopic (exact) mass is 557 g/mol. The first-order chi connectivity index (χ1) is 19.2. The molecule has 0 radical (unpaired) electrons. The molecule has 40 heavy (non-hydrogen) atoms. The number of fused-ring (bicyclic) bond motifs is 1. The minimum atomic E-state index is -3.59. The number of pyridine rings is 2. The van der Waals surface area contributed by atoms with Crippen molar-refractivity contribution in [3.63, 3.8) is 0 Å². The molecule has 1 aliphatic rings. The van der Waals surface area contributed by atoms with Crippen LogP contribution in [0.4, 0.5) is 0 Å². The summed E-state index contributed by atoms with van der Waals surface area (Å²) >= 11 is 0. The van der Waals surface area contributed by atoms with E-state index in [4.69, 9.17) is 4.74 Å². The van der Waals surface area contributed by atoms with Gasteiger partial charge in [-0.3, -0.25) is 19.6 Å². The molecule has 0 bridgehead atoms. The normalized spacial score (nSPS) is 13.6. The third kappa shape index (κ3) is 4.92. The van der Waals surface area contributed by atoms with Crippen LogP contribution >= 0.6 is 0 Å². The van der Waals surface area contributed by atoms with Crippen molar-refractivity contribution in [2.75, 3.05) is 26.5 Å². The van der Waals surface area contributed by atoms with Gasteiger partial charge in [-0.15, -0.1) is 0 Å². The fraction of sp³-hybridized carbons (Fsp3) is 0.222. The van der Waals surface area contributed by atoms with E-state index in [0.29, 0.717) is 46.3 Å². The summed E-state index contributed by atoms with van der Waals surface area (Å²) in [6.45, 7) is 0.572. The molecule has 12 nitrogen and oxygen atoms in total. The van der Waals surface area contributed by atoms with E-state index in [-0.39, 0.29) is 29.6 Å². The summed E-state index contributed by atoms with van der Waals surface area (Å²) in [5.74, 6) is -1.11. The molecule has 5 heterocycles. The van der Waals surface area contributed by atoms with Crippen LogP contribution in [0.25, 0.3) is 27.7 Å². The second-order valence-corrected chi connectivity index (χ2v) is 11.0. The maximum Gasteiger partial charge on any atom is 0.295 e. The third-order valence-electron chi connectivity index (χ3n) is 6.61. The molecule has 0 aliphatic carbocycles. The van der Waals surface area contributed by atoms with Crippen LogP contribution in [-0.4, -0.2) is 76.4 Å². The Bertz CT molecular complexity index is 1800. The molecule has 1 N–H and O–H groups in total. The van der Waals surface area contributed by atoms with Gasteiger partial charge in [-0.25, -0.2) is 18.4 Å². The number of methoxy groups -OCH3 is 1. The largest absolute Gasteiger partial charge is 0.494 e. The lowest BCUT2D eigenvalue weighted by Crippen LogP contribution is -2.40. The van der Waals surface area contributed by atoms with Gasteiger partial charge in [0.1, 0.15) is 11.8 Å². The van der Waals surface area contributed by atoms with Crippen molar-refractivity contribution in [1.82, 2.24) is 29.8 Å². The molecule has 4 aromatic heterocycles. The van der Waals surface area contributed by atoms with Crippen LogP contribution in [0.2, 0.25) is 0 Å². The van der Waals surface area contributed by atoms with Crippen LogP contribution in [0.3, 0.4) is 0 Å². The second-order valence-electron chi connectivity index (χ2n) is 9.08. The summed E-state index contributed by atoms with van der Waals surface area (Å²) in [7, 11) is -2.16. The van der Waals surface area contributed by atoms with Gasteiger partial charge in [-0.2, -0.15) is 5.26 Å². The Kier molecular flexibility index (Phi) is 7.10. The number of aromatic amines is 1. The Balaban J connectivity index is 1.42. The molecule has 0 saturated carbocycles. The van der Waals surface area contributed by atoms with E-state index in [1.165, 1.54) is 36.8 Å². The number of nitriles is 1. The fourth-order valence-electron chi connectivity index (χ4n) is 4.62. The lowest BCUT2D eigenvalue weighted by atomic mass is 9.95. The van der Waals surface area contributed by atoms with Crippen molar-refractivity contribution >= 4 is 38.0 Å². The fourth-order valence-corrected chi connectivity index (χ4v) is 5.11. The Morgan fingerprint density at radius 1 is 1.07 bits per heavy atom. The summed E-state index contributed by atoms with van der Waals surface area (Å²) in [4.78, 5) is 47.6. The molecule has 5 rings (SSSR count). The van der Waals surface area contributed by atoms with Crippen molar-refractivity contribution < 1.29 is 22.7 Å². The number of rotatable bonds is 6. The van der Waals surface area contributed by atoms with Crippen molar-refractivity contribution in [2.45, 2.75) is 18.0 Å². The number of nitrogens with one attached hydrogen (secondary N) is 1. The SMILES string of the molecule is COc1cnc(-c2cnc(S(C)(=O)=O)nc2)c2[nH]cc(C(=O)C(=O)N3CCC(=C(C#N)c4ccccn4)CC3)c12. The number of piperidine rings is 1. The number of ether oxygens (including phenoxy) is 1. The summed E-state index contributed by atoms with van der Waals surface area (Å²) in [6, 6.07) is 7.58. The van der Waals surface area contributed by atoms with Gasteiger partial charge in [0.15, 0.2) is 0 Å². The summed E-state index contributed by atoms with van der Waals surface area (Å²) in [5.41, 5.74) is 3.26. The molecule has 0 atom stereocenters. The predicted molar refractivity (Wildman–Crippen MR) is 144 cm³/mol. The highest BCUT2D eigenvalue weighted by Gasteiger charge is 2.30. The number of ketones is 1. The molecule has 1 amide bonds. The van der Waals surface area contributed by atoms with E-state index in [1.807, 2.05) is 6.07 Å². The van der Waals surface area contributed by atoms with Gasteiger partial charge in [0.05, 0.1) is 46.7 Å². The number of carbonyl (C=O) groups is 2. The average Bonchev–Trinajstić information content (AvgIpc) is 3.42. The van der Waals surface area contributed by atoms with Gasteiger partial charge < -0.3 is 14.6 Å². The van der Waals surface area contributed by atoms with Crippen LogP contribution in [-0.2, 0) is 14.6 Å². The first-order valence-corrected chi connectivity index (χ1v) is 14.1. The molecule has 4 aromatic rings. The molecule has 1 fully saturated rings. The van der Waals surface area contributed by atoms with Crippen molar-refractivity contribution in [3.8, 4) is 23.1 Å². The average molecular weight is 558 g/mol. The Labute approximate surface area is 229 Å². The summed E-state index contributed by atoms with van der Waals surface area (Å²) in [5, 5.41) is 9.72. The van der Waals surface area contributed by atoms with Crippen LogP contribution in [0.5, 0.6) is 5.75 Å². The number of amides is 1. The van der Waals surface area contributed by atoms with E-state index in [1.54, 1.807) is 18.3 Å². The number of nitrogens with zero attached hydrogens (tertiary/aromatic N) is 6. The maximum absolute atomic E-state index is 13.4.